The van der Waals surface area contributed by atoms with Gasteiger partial charge < -0.3 is 23.9 Å². The molecule has 1 aromatic heterocycles. The Hall–Kier alpha value is -3.15. The van der Waals surface area contributed by atoms with Crippen molar-refractivity contribution in [1.29, 1.82) is 0 Å². The van der Waals surface area contributed by atoms with Crippen LogP contribution in [-0.4, -0.2) is 26.7 Å². The first-order valence-corrected chi connectivity index (χ1v) is 8.24. The van der Waals surface area contributed by atoms with Crippen molar-refractivity contribution in [2.24, 2.45) is 0 Å². The molecule has 0 saturated heterocycles. The molecule has 0 bridgehead atoms. The minimum absolute atomic E-state index is 0.165. The molecule has 26 heavy (non-hydrogen) atoms. The Morgan fingerprint density at radius 1 is 1.08 bits per heavy atom. The van der Waals surface area contributed by atoms with Crippen LogP contribution in [0.25, 0.3) is 11.0 Å². The highest BCUT2D eigenvalue weighted by atomic mass is 16.5. The zero-order chi connectivity index (χ0) is 18.5. The summed E-state index contributed by atoms with van der Waals surface area (Å²) in [5.41, 5.74) is 0.790. The normalized spacial score (nSPS) is 11.8. The zero-order valence-electron chi connectivity index (χ0n) is 14.9. The number of carbonyl (C=O) groups is 1. The summed E-state index contributed by atoms with van der Waals surface area (Å²) in [7, 11) is 3.07. The first-order chi connectivity index (χ1) is 12.6. The topological polar surface area (TPSA) is 69.9 Å². The number of methoxy groups -OCH3 is 2. The van der Waals surface area contributed by atoms with Gasteiger partial charge in [0.15, 0.2) is 18.1 Å². The molecule has 0 aliphatic heterocycles. The van der Waals surface area contributed by atoms with E-state index in [9.17, 15) is 4.79 Å². The molecule has 2 aromatic carbocycles. The summed E-state index contributed by atoms with van der Waals surface area (Å²) in [5, 5.41) is 3.86. The molecular weight excluding hydrogens is 334 g/mol. The van der Waals surface area contributed by atoms with Crippen LogP contribution in [0.1, 0.15) is 18.7 Å². The molecule has 136 valence electrons. The quantitative estimate of drug-likeness (QED) is 0.700. The van der Waals surface area contributed by atoms with Crippen LogP contribution in [0.3, 0.4) is 0 Å². The number of furan rings is 1. The smallest absolute Gasteiger partial charge is 0.258 e. The summed E-state index contributed by atoms with van der Waals surface area (Å²) >= 11 is 0. The van der Waals surface area contributed by atoms with Crippen LogP contribution >= 0.6 is 0 Å². The maximum atomic E-state index is 12.3. The number of carbonyl (C=O) groups excluding carboxylic acids is 1. The minimum Gasteiger partial charge on any atom is -0.493 e. The summed E-state index contributed by atoms with van der Waals surface area (Å²) in [6.07, 6.45) is 0. The van der Waals surface area contributed by atoms with Gasteiger partial charge in [-0.3, -0.25) is 4.79 Å². The molecular formula is C20H21NO5. The average Bonchev–Trinajstić information content (AvgIpc) is 3.10. The van der Waals surface area contributed by atoms with Gasteiger partial charge in [-0.25, -0.2) is 0 Å². The van der Waals surface area contributed by atoms with Gasteiger partial charge in [-0.1, -0.05) is 24.3 Å². The van der Waals surface area contributed by atoms with E-state index in [1.54, 1.807) is 18.2 Å². The number of fused-ring (bicyclic) bond motifs is 1. The average molecular weight is 355 g/mol. The summed E-state index contributed by atoms with van der Waals surface area (Å²) < 4.78 is 21.9. The number of hydrogen-bond acceptors (Lipinski definition) is 5. The zero-order valence-corrected chi connectivity index (χ0v) is 14.9. The van der Waals surface area contributed by atoms with E-state index >= 15 is 0 Å². The number of ether oxygens (including phenoxy) is 3. The Labute approximate surface area is 151 Å². The van der Waals surface area contributed by atoms with Crippen molar-refractivity contribution < 1.29 is 23.4 Å². The van der Waals surface area contributed by atoms with Gasteiger partial charge in [0.25, 0.3) is 5.91 Å². The molecule has 1 heterocycles. The molecule has 0 spiro atoms. The number of hydrogen-bond donors (Lipinski definition) is 1. The Bertz CT molecular complexity index is 847. The maximum Gasteiger partial charge on any atom is 0.258 e. The lowest BCUT2D eigenvalue weighted by molar-refractivity contribution is -0.123. The van der Waals surface area contributed by atoms with Gasteiger partial charge in [0.2, 0.25) is 5.75 Å². The molecule has 1 atom stereocenters. The Kier molecular flexibility index (Phi) is 5.31. The van der Waals surface area contributed by atoms with Crippen LogP contribution in [0.15, 0.2) is 52.9 Å². The first kappa shape index (κ1) is 17.7. The summed E-state index contributed by atoms with van der Waals surface area (Å²) in [6, 6.07) is 14.6. The molecule has 6 heteroatoms. The highest BCUT2D eigenvalue weighted by molar-refractivity contribution is 5.80. The van der Waals surface area contributed by atoms with Gasteiger partial charge in [0.1, 0.15) is 11.3 Å². The lowest BCUT2D eigenvalue weighted by Crippen LogP contribution is -2.31. The lowest BCUT2D eigenvalue weighted by Gasteiger charge is -2.15. The molecule has 1 amide bonds. The maximum absolute atomic E-state index is 12.3. The van der Waals surface area contributed by atoms with E-state index in [0.29, 0.717) is 23.0 Å². The van der Waals surface area contributed by atoms with E-state index in [-0.39, 0.29) is 18.6 Å². The van der Waals surface area contributed by atoms with E-state index < -0.39 is 0 Å². The van der Waals surface area contributed by atoms with Gasteiger partial charge in [0.05, 0.1) is 20.3 Å². The fourth-order valence-electron chi connectivity index (χ4n) is 2.67. The Morgan fingerprint density at radius 3 is 2.42 bits per heavy atom. The molecule has 0 saturated carbocycles. The number of benzene rings is 2. The van der Waals surface area contributed by atoms with Crippen molar-refractivity contribution in [2.75, 3.05) is 20.8 Å². The number of para-hydroxylation sites is 2. The van der Waals surface area contributed by atoms with Crippen molar-refractivity contribution in [3.05, 3.63) is 54.3 Å². The molecule has 0 aliphatic carbocycles. The largest absolute Gasteiger partial charge is 0.493 e. The van der Waals surface area contributed by atoms with Gasteiger partial charge in [0, 0.05) is 5.39 Å². The highest BCUT2D eigenvalue weighted by Gasteiger charge is 2.17. The van der Waals surface area contributed by atoms with Crippen LogP contribution in [0.4, 0.5) is 0 Å². The second kappa shape index (κ2) is 7.82. The van der Waals surface area contributed by atoms with Crippen LogP contribution < -0.4 is 19.5 Å². The van der Waals surface area contributed by atoms with Crippen LogP contribution in [0, 0.1) is 0 Å². The van der Waals surface area contributed by atoms with Crippen molar-refractivity contribution in [3.63, 3.8) is 0 Å². The SMILES string of the molecule is COc1cccc(OC)c1OCC(=O)N[C@H](C)c1cc2ccccc2o1. The van der Waals surface area contributed by atoms with Crippen LogP contribution in [0.5, 0.6) is 17.2 Å². The monoisotopic (exact) mass is 355 g/mol. The molecule has 3 aromatic rings. The third-order valence-corrected chi connectivity index (χ3v) is 3.98. The summed E-state index contributed by atoms with van der Waals surface area (Å²) in [4.78, 5) is 12.3. The van der Waals surface area contributed by atoms with Crippen molar-refractivity contribution in [3.8, 4) is 17.2 Å². The first-order valence-electron chi connectivity index (χ1n) is 8.24. The summed E-state index contributed by atoms with van der Waals surface area (Å²) in [6.45, 7) is 1.70. The van der Waals surface area contributed by atoms with Crippen molar-refractivity contribution in [1.82, 2.24) is 5.32 Å². The van der Waals surface area contributed by atoms with E-state index in [2.05, 4.69) is 5.32 Å². The van der Waals surface area contributed by atoms with Gasteiger partial charge in [-0.05, 0) is 31.2 Å². The lowest BCUT2D eigenvalue weighted by atomic mass is 10.2. The fraction of sp³-hybridized carbons (Fsp3) is 0.250. The molecule has 0 radical (unpaired) electrons. The number of nitrogens with one attached hydrogen (secondary N) is 1. The second-order valence-corrected chi connectivity index (χ2v) is 5.76. The minimum atomic E-state index is -0.280. The van der Waals surface area contributed by atoms with E-state index in [0.717, 1.165) is 11.0 Å². The molecule has 3 rings (SSSR count). The third-order valence-electron chi connectivity index (χ3n) is 3.98. The van der Waals surface area contributed by atoms with Crippen molar-refractivity contribution in [2.45, 2.75) is 13.0 Å². The molecule has 0 unspecified atom stereocenters. The number of amides is 1. The molecule has 6 nitrogen and oxygen atoms in total. The molecule has 0 fully saturated rings. The van der Waals surface area contributed by atoms with E-state index in [4.69, 9.17) is 18.6 Å². The molecule has 0 aliphatic rings. The van der Waals surface area contributed by atoms with Gasteiger partial charge in [-0.15, -0.1) is 0 Å². The Balaban J connectivity index is 1.64. The third kappa shape index (κ3) is 3.74. The van der Waals surface area contributed by atoms with Crippen LogP contribution in [0.2, 0.25) is 0 Å². The van der Waals surface area contributed by atoms with E-state index in [1.807, 2.05) is 37.3 Å². The van der Waals surface area contributed by atoms with E-state index in [1.165, 1.54) is 14.2 Å². The molecule has 1 N–H and O–H groups in total. The number of rotatable bonds is 7. The predicted molar refractivity (Wildman–Crippen MR) is 97.8 cm³/mol. The highest BCUT2D eigenvalue weighted by Crippen LogP contribution is 2.36. The van der Waals surface area contributed by atoms with Gasteiger partial charge in [-0.2, -0.15) is 0 Å². The van der Waals surface area contributed by atoms with Gasteiger partial charge >= 0.3 is 0 Å². The Morgan fingerprint density at radius 2 is 1.77 bits per heavy atom. The fourth-order valence-corrected chi connectivity index (χ4v) is 2.67. The second-order valence-electron chi connectivity index (χ2n) is 5.76. The predicted octanol–water partition coefficient (Wildman–Crippen LogP) is 3.71. The van der Waals surface area contributed by atoms with Crippen molar-refractivity contribution >= 4 is 16.9 Å². The van der Waals surface area contributed by atoms with Crippen LogP contribution in [-0.2, 0) is 4.79 Å². The summed E-state index contributed by atoms with van der Waals surface area (Å²) in [5.74, 6) is 1.81. The standard InChI is InChI=1S/C20H21NO5/c1-13(18-11-14-7-4-5-8-15(14)26-18)21-19(22)12-25-20-16(23-2)9-6-10-17(20)24-3/h4-11,13H,12H2,1-3H3,(H,21,22)/t13-/m1/s1.